The van der Waals surface area contributed by atoms with Gasteiger partial charge in [-0.25, -0.2) is 0 Å². The van der Waals surface area contributed by atoms with Crippen molar-refractivity contribution in [3.8, 4) is 0 Å². The molecule has 4 heteroatoms. The maximum absolute atomic E-state index is 5.85. The number of hydrogen-bond acceptors (Lipinski definition) is 3. The summed E-state index contributed by atoms with van der Waals surface area (Å²) in [4.78, 5) is 2.39. The summed E-state index contributed by atoms with van der Waals surface area (Å²) < 4.78 is 1.96. The van der Waals surface area contributed by atoms with Crippen molar-refractivity contribution in [2.45, 2.75) is 32.5 Å². The van der Waals surface area contributed by atoms with Gasteiger partial charge in [0.2, 0.25) is 0 Å². The van der Waals surface area contributed by atoms with Gasteiger partial charge in [-0.15, -0.1) is 0 Å². The summed E-state index contributed by atoms with van der Waals surface area (Å²) in [6, 6.07) is 0.372. The third-order valence-electron chi connectivity index (χ3n) is 2.73. The van der Waals surface area contributed by atoms with Crippen LogP contribution in [0.4, 0.5) is 0 Å². The Morgan fingerprint density at radius 1 is 1.64 bits per heavy atom. The van der Waals surface area contributed by atoms with Crippen molar-refractivity contribution in [2.24, 2.45) is 5.73 Å². The Morgan fingerprint density at radius 3 is 3.07 bits per heavy atom. The summed E-state index contributed by atoms with van der Waals surface area (Å²) in [6.07, 6.45) is 5.19. The molecule has 0 aliphatic carbocycles. The molecule has 0 saturated carbocycles. The van der Waals surface area contributed by atoms with Gasteiger partial charge in [-0.1, -0.05) is 0 Å². The first kappa shape index (κ1) is 9.68. The van der Waals surface area contributed by atoms with E-state index in [1.165, 1.54) is 5.56 Å². The van der Waals surface area contributed by atoms with E-state index in [0.29, 0.717) is 6.04 Å². The molecule has 1 aromatic heterocycles. The van der Waals surface area contributed by atoms with Crippen LogP contribution in [0.5, 0.6) is 0 Å². The van der Waals surface area contributed by atoms with Crippen LogP contribution in [0.1, 0.15) is 18.9 Å². The quantitative estimate of drug-likeness (QED) is 0.759. The third-order valence-corrected chi connectivity index (χ3v) is 2.73. The van der Waals surface area contributed by atoms with E-state index in [4.69, 9.17) is 5.73 Å². The fourth-order valence-corrected chi connectivity index (χ4v) is 1.93. The Labute approximate surface area is 84.7 Å². The van der Waals surface area contributed by atoms with Crippen LogP contribution in [0.25, 0.3) is 0 Å². The predicted octanol–water partition coefficient (Wildman–Crippen LogP) is 0.436. The average molecular weight is 194 g/mol. The molecule has 1 aromatic rings. The van der Waals surface area contributed by atoms with E-state index in [1.807, 2.05) is 10.9 Å². The smallest absolute Gasteiger partial charge is 0.0534 e. The molecule has 0 spiro atoms. The van der Waals surface area contributed by atoms with Gasteiger partial charge in [-0.2, -0.15) is 5.10 Å². The normalized spacial score (nSPS) is 23.1. The number of nitrogens with zero attached hydrogens (tertiary/aromatic N) is 3. The van der Waals surface area contributed by atoms with E-state index in [1.54, 1.807) is 0 Å². The Hall–Kier alpha value is -0.870. The molecule has 0 aromatic carbocycles. The van der Waals surface area contributed by atoms with Crippen LogP contribution in [0.2, 0.25) is 0 Å². The van der Waals surface area contributed by atoms with Crippen molar-refractivity contribution in [2.75, 3.05) is 13.1 Å². The zero-order chi connectivity index (χ0) is 9.97. The van der Waals surface area contributed by atoms with Crippen LogP contribution in [0.15, 0.2) is 12.4 Å². The fraction of sp³-hybridized carbons (Fsp3) is 0.700. The van der Waals surface area contributed by atoms with Gasteiger partial charge >= 0.3 is 0 Å². The van der Waals surface area contributed by atoms with Gasteiger partial charge in [-0.3, -0.25) is 9.58 Å². The number of hydrogen-bond donors (Lipinski definition) is 1. The highest BCUT2D eigenvalue weighted by atomic mass is 15.3. The summed E-state index contributed by atoms with van der Waals surface area (Å²) in [5.41, 5.74) is 7.14. The molecule has 2 N–H and O–H groups in total. The first-order valence-electron chi connectivity index (χ1n) is 5.27. The van der Waals surface area contributed by atoms with Crippen molar-refractivity contribution in [3.05, 3.63) is 18.0 Å². The topological polar surface area (TPSA) is 47.1 Å². The van der Waals surface area contributed by atoms with E-state index in [-0.39, 0.29) is 0 Å². The zero-order valence-electron chi connectivity index (χ0n) is 8.69. The van der Waals surface area contributed by atoms with Crippen molar-refractivity contribution >= 4 is 0 Å². The van der Waals surface area contributed by atoms with Crippen LogP contribution < -0.4 is 5.73 Å². The summed E-state index contributed by atoms with van der Waals surface area (Å²) in [5.74, 6) is 0. The number of likely N-dealkylation sites (tertiary alicyclic amines) is 1. The van der Waals surface area contributed by atoms with E-state index in [2.05, 4.69) is 23.1 Å². The number of nitrogens with two attached hydrogens (primary N) is 1. The molecular formula is C10H18N4. The summed E-state index contributed by atoms with van der Waals surface area (Å²) in [6.45, 7) is 6.19. The molecule has 1 fully saturated rings. The lowest BCUT2D eigenvalue weighted by atomic mass is 10.3. The molecule has 0 unspecified atom stereocenters. The number of aryl methyl sites for hydroxylation is 1. The molecule has 1 saturated heterocycles. The number of aromatic nitrogens is 2. The second-order valence-electron chi connectivity index (χ2n) is 3.99. The standard InChI is InChI=1S/C10H18N4/c1-2-14-7-9(5-12-14)6-13-4-3-10(11)8-13/h5,7,10H,2-4,6,8,11H2,1H3/t10-/m0/s1. The minimum atomic E-state index is 0.372. The first-order valence-corrected chi connectivity index (χ1v) is 5.27. The summed E-state index contributed by atoms with van der Waals surface area (Å²) in [7, 11) is 0. The third kappa shape index (κ3) is 2.13. The average Bonchev–Trinajstić information content (AvgIpc) is 2.76. The maximum Gasteiger partial charge on any atom is 0.0534 e. The van der Waals surface area contributed by atoms with Gasteiger partial charge in [0.1, 0.15) is 0 Å². The first-order chi connectivity index (χ1) is 6.78. The Kier molecular flexibility index (Phi) is 2.84. The highest BCUT2D eigenvalue weighted by molar-refractivity contribution is 5.04. The van der Waals surface area contributed by atoms with Crippen LogP contribution in [0, 0.1) is 0 Å². The van der Waals surface area contributed by atoms with Gasteiger partial charge < -0.3 is 5.73 Å². The monoisotopic (exact) mass is 194 g/mol. The van der Waals surface area contributed by atoms with Crippen LogP contribution in [-0.2, 0) is 13.1 Å². The molecule has 4 nitrogen and oxygen atoms in total. The molecule has 14 heavy (non-hydrogen) atoms. The van der Waals surface area contributed by atoms with Crippen LogP contribution in [-0.4, -0.2) is 33.8 Å². The Morgan fingerprint density at radius 2 is 2.50 bits per heavy atom. The SMILES string of the molecule is CCn1cc(CN2CC[C@H](N)C2)cn1. The molecule has 0 bridgehead atoms. The van der Waals surface area contributed by atoms with E-state index < -0.39 is 0 Å². The molecule has 1 atom stereocenters. The van der Waals surface area contributed by atoms with E-state index >= 15 is 0 Å². The molecule has 0 radical (unpaired) electrons. The molecule has 1 aliphatic heterocycles. The second-order valence-corrected chi connectivity index (χ2v) is 3.99. The summed E-state index contributed by atoms with van der Waals surface area (Å²) >= 11 is 0. The van der Waals surface area contributed by atoms with E-state index in [9.17, 15) is 0 Å². The summed E-state index contributed by atoms with van der Waals surface area (Å²) in [5, 5.41) is 4.25. The maximum atomic E-state index is 5.85. The van der Waals surface area contributed by atoms with Gasteiger partial charge in [0.15, 0.2) is 0 Å². The Balaban J connectivity index is 1.90. The lowest BCUT2D eigenvalue weighted by Gasteiger charge is -2.12. The molecule has 2 heterocycles. The minimum Gasteiger partial charge on any atom is -0.326 e. The largest absolute Gasteiger partial charge is 0.326 e. The van der Waals surface area contributed by atoms with Crippen LogP contribution in [0.3, 0.4) is 0 Å². The van der Waals surface area contributed by atoms with Crippen molar-refractivity contribution in [1.82, 2.24) is 14.7 Å². The number of rotatable bonds is 3. The van der Waals surface area contributed by atoms with Gasteiger partial charge in [-0.05, 0) is 13.3 Å². The molecule has 78 valence electrons. The van der Waals surface area contributed by atoms with Gasteiger partial charge in [0.05, 0.1) is 6.20 Å². The fourth-order valence-electron chi connectivity index (χ4n) is 1.93. The highest BCUT2D eigenvalue weighted by Gasteiger charge is 2.19. The molecule has 1 aliphatic rings. The van der Waals surface area contributed by atoms with Gasteiger partial charge in [0, 0.05) is 44.0 Å². The lowest BCUT2D eigenvalue weighted by Crippen LogP contribution is -2.26. The molecule has 0 amide bonds. The highest BCUT2D eigenvalue weighted by Crippen LogP contribution is 2.11. The Bertz CT molecular complexity index is 294. The van der Waals surface area contributed by atoms with Gasteiger partial charge in [0.25, 0.3) is 0 Å². The molecule has 2 rings (SSSR count). The van der Waals surface area contributed by atoms with Crippen molar-refractivity contribution < 1.29 is 0 Å². The predicted molar refractivity (Wildman–Crippen MR) is 55.8 cm³/mol. The molecular weight excluding hydrogens is 176 g/mol. The van der Waals surface area contributed by atoms with Crippen molar-refractivity contribution in [3.63, 3.8) is 0 Å². The van der Waals surface area contributed by atoms with Crippen molar-refractivity contribution in [1.29, 1.82) is 0 Å². The van der Waals surface area contributed by atoms with Crippen LogP contribution >= 0.6 is 0 Å². The second kappa shape index (κ2) is 4.11. The van der Waals surface area contributed by atoms with E-state index in [0.717, 1.165) is 32.6 Å². The minimum absolute atomic E-state index is 0.372. The lowest BCUT2D eigenvalue weighted by molar-refractivity contribution is 0.327. The zero-order valence-corrected chi connectivity index (χ0v) is 8.69.